The van der Waals surface area contributed by atoms with Gasteiger partial charge < -0.3 is 4.74 Å². The molecule has 0 aliphatic carbocycles. The lowest BCUT2D eigenvalue weighted by molar-refractivity contribution is 0.0523. The monoisotopic (exact) mass is 282 g/mol. The number of rotatable bonds is 4. The van der Waals surface area contributed by atoms with Crippen LogP contribution in [-0.2, 0) is 4.74 Å². The molecule has 2 aromatic carbocycles. The van der Waals surface area contributed by atoms with Crippen molar-refractivity contribution in [2.75, 3.05) is 6.61 Å². The summed E-state index contributed by atoms with van der Waals surface area (Å²) in [5.41, 5.74) is 3.30. The Morgan fingerprint density at radius 1 is 0.952 bits per heavy atom. The van der Waals surface area contributed by atoms with Gasteiger partial charge in [-0.2, -0.15) is 0 Å². The van der Waals surface area contributed by atoms with E-state index in [2.05, 4.69) is 0 Å². The highest BCUT2D eigenvalue weighted by atomic mass is 16.5. The molecule has 3 heteroatoms. The van der Waals surface area contributed by atoms with Crippen molar-refractivity contribution in [2.45, 2.75) is 20.8 Å². The van der Waals surface area contributed by atoms with Crippen LogP contribution in [-0.4, -0.2) is 18.4 Å². The van der Waals surface area contributed by atoms with Gasteiger partial charge in [-0.15, -0.1) is 0 Å². The molecule has 21 heavy (non-hydrogen) atoms. The molecule has 0 amide bonds. The van der Waals surface area contributed by atoms with E-state index in [4.69, 9.17) is 4.74 Å². The maximum atomic E-state index is 12.7. The van der Waals surface area contributed by atoms with Crippen LogP contribution < -0.4 is 0 Å². The van der Waals surface area contributed by atoms with Crippen LogP contribution in [0.4, 0.5) is 0 Å². The fourth-order valence-electron chi connectivity index (χ4n) is 2.28. The molecule has 3 nitrogen and oxygen atoms in total. The van der Waals surface area contributed by atoms with Crippen LogP contribution in [0.25, 0.3) is 0 Å². The zero-order valence-electron chi connectivity index (χ0n) is 12.5. The summed E-state index contributed by atoms with van der Waals surface area (Å²) < 4.78 is 5.01. The van der Waals surface area contributed by atoms with Crippen LogP contribution >= 0.6 is 0 Å². The molecule has 0 radical (unpaired) electrons. The van der Waals surface area contributed by atoms with E-state index in [9.17, 15) is 9.59 Å². The first-order valence-corrected chi connectivity index (χ1v) is 6.92. The molecule has 0 aliphatic heterocycles. The van der Waals surface area contributed by atoms with Crippen LogP contribution in [0, 0.1) is 13.8 Å². The lowest BCUT2D eigenvalue weighted by Crippen LogP contribution is -2.13. The highest BCUT2D eigenvalue weighted by Gasteiger charge is 2.19. The zero-order chi connectivity index (χ0) is 15.4. The normalized spacial score (nSPS) is 10.2. The smallest absolute Gasteiger partial charge is 0.338 e. The minimum atomic E-state index is -0.466. The van der Waals surface area contributed by atoms with Crippen LogP contribution in [0.5, 0.6) is 0 Å². The van der Waals surface area contributed by atoms with E-state index in [-0.39, 0.29) is 12.4 Å². The molecule has 0 aliphatic rings. The van der Waals surface area contributed by atoms with E-state index in [0.717, 1.165) is 11.1 Å². The van der Waals surface area contributed by atoms with Gasteiger partial charge >= 0.3 is 5.97 Å². The van der Waals surface area contributed by atoms with Crippen molar-refractivity contribution < 1.29 is 14.3 Å². The SMILES string of the molecule is CCOC(=O)c1ccccc1C(=O)c1ccc(C)cc1C. The fraction of sp³-hybridized carbons (Fsp3) is 0.222. The van der Waals surface area contributed by atoms with Crippen LogP contribution in [0.2, 0.25) is 0 Å². The molecule has 0 spiro atoms. The van der Waals surface area contributed by atoms with Gasteiger partial charge in [-0.3, -0.25) is 4.79 Å². The maximum Gasteiger partial charge on any atom is 0.338 e. The standard InChI is InChI=1S/C18H18O3/c1-4-21-18(20)16-8-6-5-7-15(16)17(19)14-10-9-12(2)11-13(14)3/h5-11H,4H2,1-3H3. The topological polar surface area (TPSA) is 43.4 Å². The van der Waals surface area contributed by atoms with Crippen LogP contribution in [0.3, 0.4) is 0 Å². The van der Waals surface area contributed by atoms with Gasteiger partial charge in [0.2, 0.25) is 0 Å². The third-order valence-electron chi connectivity index (χ3n) is 3.29. The highest BCUT2D eigenvalue weighted by molar-refractivity contribution is 6.15. The van der Waals surface area contributed by atoms with E-state index >= 15 is 0 Å². The van der Waals surface area contributed by atoms with E-state index in [1.54, 1.807) is 37.3 Å². The lowest BCUT2D eigenvalue weighted by Gasteiger charge is -2.10. The van der Waals surface area contributed by atoms with E-state index in [1.807, 2.05) is 26.0 Å². The Hall–Kier alpha value is -2.42. The summed E-state index contributed by atoms with van der Waals surface area (Å²) in [6.45, 7) is 5.90. The largest absolute Gasteiger partial charge is 0.462 e. The molecule has 0 N–H and O–H groups in total. The molecule has 0 atom stereocenters. The quantitative estimate of drug-likeness (QED) is 0.634. The first-order chi connectivity index (χ1) is 10.0. The number of ketones is 1. The zero-order valence-corrected chi connectivity index (χ0v) is 12.5. The predicted molar refractivity (Wildman–Crippen MR) is 81.7 cm³/mol. The molecule has 0 heterocycles. The highest BCUT2D eigenvalue weighted by Crippen LogP contribution is 2.19. The molecule has 0 fully saturated rings. The van der Waals surface area contributed by atoms with Crippen molar-refractivity contribution in [1.29, 1.82) is 0 Å². The molecule has 2 aromatic rings. The molecule has 0 aromatic heterocycles. The first-order valence-electron chi connectivity index (χ1n) is 6.92. The number of ether oxygens (including phenoxy) is 1. The summed E-state index contributed by atoms with van der Waals surface area (Å²) in [4.78, 5) is 24.7. The average molecular weight is 282 g/mol. The summed E-state index contributed by atoms with van der Waals surface area (Å²) in [6, 6.07) is 12.4. The molecule has 0 saturated heterocycles. The van der Waals surface area contributed by atoms with Gasteiger partial charge in [-0.05, 0) is 32.4 Å². The summed E-state index contributed by atoms with van der Waals surface area (Å²) in [5, 5.41) is 0. The van der Waals surface area contributed by atoms with Gasteiger partial charge in [0.05, 0.1) is 12.2 Å². The Kier molecular flexibility index (Phi) is 4.53. The Labute approximate surface area is 124 Å². The number of hydrogen-bond donors (Lipinski definition) is 0. The first kappa shape index (κ1) is 15.0. The third-order valence-corrected chi connectivity index (χ3v) is 3.29. The van der Waals surface area contributed by atoms with Crippen LogP contribution in [0.1, 0.15) is 44.3 Å². The summed E-state index contributed by atoms with van der Waals surface area (Å²) in [6.07, 6.45) is 0. The van der Waals surface area contributed by atoms with Crippen molar-refractivity contribution in [3.8, 4) is 0 Å². The Morgan fingerprint density at radius 3 is 2.24 bits per heavy atom. The minimum Gasteiger partial charge on any atom is -0.462 e. The number of carbonyl (C=O) groups excluding carboxylic acids is 2. The molecule has 2 rings (SSSR count). The second-order valence-electron chi connectivity index (χ2n) is 4.91. The summed E-state index contributed by atoms with van der Waals surface area (Å²) in [5.74, 6) is -0.623. The number of benzene rings is 2. The molecular formula is C18H18O3. The van der Waals surface area contributed by atoms with Crippen molar-refractivity contribution >= 4 is 11.8 Å². The van der Waals surface area contributed by atoms with Crippen molar-refractivity contribution in [1.82, 2.24) is 0 Å². The Balaban J connectivity index is 2.46. The summed E-state index contributed by atoms with van der Waals surface area (Å²) >= 11 is 0. The van der Waals surface area contributed by atoms with E-state index in [0.29, 0.717) is 16.7 Å². The van der Waals surface area contributed by atoms with E-state index in [1.165, 1.54) is 0 Å². The fourth-order valence-corrected chi connectivity index (χ4v) is 2.28. The number of hydrogen-bond acceptors (Lipinski definition) is 3. The number of esters is 1. The Morgan fingerprint density at radius 2 is 1.62 bits per heavy atom. The number of carbonyl (C=O) groups is 2. The second kappa shape index (κ2) is 6.35. The van der Waals surface area contributed by atoms with Crippen molar-refractivity contribution in [2.24, 2.45) is 0 Å². The Bertz CT molecular complexity index is 687. The van der Waals surface area contributed by atoms with E-state index < -0.39 is 5.97 Å². The summed E-state index contributed by atoms with van der Waals surface area (Å²) in [7, 11) is 0. The molecule has 0 saturated carbocycles. The minimum absolute atomic E-state index is 0.156. The lowest BCUT2D eigenvalue weighted by atomic mass is 9.94. The van der Waals surface area contributed by atoms with Gasteiger partial charge in [-0.25, -0.2) is 4.79 Å². The molecule has 0 unspecified atom stereocenters. The van der Waals surface area contributed by atoms with Gasteiger partial charge in [-0.1, -0.05) is 42.0 Å². The van der Waals surface area contributed by atoms with Crippen molar-refractivity contribution in [3.05, 3.63) is 70.3 Å². The average Bonchev–Trinajstić information content (AvgIpc) is 2.47. The number of aryl methyl sites for hydroxylation is 2. The van der Waals surface area contributed by atoms with Gasteiger partial charge in [0.1, 0.15) is 0 Å². The third kappa shape index (κ3) is 3.19. The molecular weight excluding hydrogens is 264 g/mol. The van der Waals surface area contributed by atoms with Crippen molar-refractivity contribution in [3.63, 3.8) is 0 Å². The van der Waals surface area contributed by atoms with Crippen LogP contribution in [0.15, 0.2) is 42.5 Å². The molecule has 108 valence electrons. The van der Waals surface area contributed by atoms with Gasteiger partial charge in [0.25, 0.3) is 0 Å². The maximum absolute atomic E-state index is 12.7. The molecule has 0 bridgehead atoms. The second-order valence-corrected chi connectivity index (χ2v) is 4.91. The van der Waals surface area contributed by atoms with Gasteiger partial charge in [0, 0.05) is 11.1 Å². The van der Waals surface area contributed by atoms with Gasteiger partial charge in [0.15, 0.2) is 5.78 Å². The predicted octanol–water partition coefficient (Wildman–Crippen LogP) is 3.71.